The van der Waals surface area contributed by atoms with Crippen molar-refractivity contribution in [1.82, 2.24) is 25.2 Å². The van der Waals surface area contributed by atoms with Crippen molar-refractivity contribution >= 4 is 17.5 Å². The van der Waals surface area contributed by atoms with Crippen LogP contribution in [0.15, 0.2) is 65.3 Å². The molecule has 0 spiro atoms. The van der Waals surface area contributed by atoms with Crippen molar-refractivity contribution in [2.45, 2.75) is 13.3 Å². The monoisotopic (exact) mass is 407 g/mol. The Kier molecular flexibility index (Phi) is 5.39. The normalized spacial score (nSPS) is 10.8. The molecule has 146 valence electrons. The average molecular weight is 408 g/mol. The zero-order chi connectivity index (χ0) is 20.2. The fourth-order valence-electron chi connectivity index (χ4n) is 2.87. The highest BCUT2D eigenvalue weighted by atomic mass is 35.5. The summed E-state index contributed by atoms with van der Waals surface area (Å²) in [5.74, 6) is -0.162. The zero-order valence-electron chi connectivity index (χ0n) is 15.7. The summed E-state index contributed by atoms with van der Waals surface area (Å²) in [6.07, 6.45) is 2.51. The molecule has 29 heavy (non-hydrogen) atoms. The molecule has 0 unspecified atom stereocenters. The van der Waals surface area contributed by atoms with Crippen LogP contribution in [0.2, 0.25) is 5.02 Å². The van der Waals surface area contributed by atoms with Crippen molar-refractivity contribution in [3.8, 4) is 17.1 Å². The number of amides is 1. The van der Waals surface area contributed by atoms with Crippen LogP contribution in [0.3, 0.4) is 0 Å². The maximum Gasteiger partial charge on any atom is 0.316 e. The summed E-state index contributed by atoms with van der Waals surface area (Å²) in [6, 6.07) is 17.2. The van der Waals surface area contributed by atoms with E-state index in [0.29, 0.717) is 23.0 Å². The molecular formula is C21H18ClN5O2. The van der Waals surface area contributed by atoms with Crippen LogP contribution in [0, 0.1) is 6.92 Å². The van der Waals surface area contributed by atoms with E-state index in [1.807, 2.05) is 49.4 Å². The third-order valence-corrected chi connectivity index (χ3v) is 4.65. The van der Waals surface area contributed by atoms with E-state index in [9.17, 15) is 4.79 Å². The van der Waals surface area contributed by atoms with Crippen molar-refractivity contribution in [2.24, 2.45) is 0 Å². The SMILES string of the molecule is Cc1nn(-c2ccc(Cl)cc2)cc1-c1noc(C(=O)NCCc2ccccc2)n1. The number of carbonyl (C=O) groups excluding carboxylic acids is 1. The molecule has 4 rings (SSSR count). The highest BCUT2D eigenvalue weighted by Crippen LogP contribution is 2.22. The zero-order valence-corrected chi connectivity index (χ0v) is 16.4. The predicted molar refractivity (Wildman–Crippen MR) is 109 cm³/mol. The third-order valence-electron chi connectivity index (χ3n) is 4.39. The second kappa shape index (κ2) is 8.28. The minimum absolute atomic E-state index is 0.0771. The van der Waals surface area contributed by atoms with Gasteiger partial charge in [0.1, 0.15) is 0 Å². The van der Waals surface area contributed by atoms with E-state index in [4.69, 9.17) is 16.1 Å². The Morgan fingerprint density at radius 2 is 1.90 bits per heavy atom. The first-order valence-corrected chi connectivity index (χ1v) is 9.46. The van der Waals surface area contributed by atoms with E-state index in [2.05, 4.69) is 20.6 Å². The molecule has 0 fully saturated rings. The summed E-state index contributed by atoms with van der Waals surface area (Å²) in [7, 11) is 0. The molecule has 7 nitrogen and oxygen atoms in total. The second-order valence-electron chi connectivity index (χ2n) is 6.46. The van der Waals surface area contributed by atoms with Crippen LogP contribution >= 0.6 is 11.6 Å². The van der Waals surface area contributed by atoms with E-state index >= 15 is 0 Å². The number of halogens is 1. The van der Waals surface area contributed by atoms with Crippen LogP contribution in [0.1, 0.15) is 21.9 Å². The van der Waals surface area contributed by atoms with Gasteiger partial charge >= 0.3 is 11.8 Å². The first-order chi connectivity index (χ1) is 14.1. The fraction of sp³-hybridized carbons (Fsp3) is 0.143. The van der Waals surface area contributed by atoms with Crippen molar-refractivity contribution in [3.63, 3.8) is 0 Å². The lowest BCUT2D eigenvalue weighted by Crippen LogP contribution is -2.25. The topological polar surface area (TPSA) is 85.8 Å². The molecule has 0 aliphatic carbocycles. The average Bonchev–Trinajstić information content (AvgIpc) is 3.36. The van der Waals surface area contributed by atoms with Gasteiger partial charge in [0.2, 0.25) is 5.82 Å². The summed E-state index contributed by atoms with van der Waals surface area (Å²) in [4.78, 5) is 16.5. The van der Waals surface area contributed by atoms with Gasteiger partial charge in [-0.25, -0.2) is 4.68 Å². The molecule has 2 heterocycles. The van der Waals surface area contributed by atoms with Crippen LogP contribution in [-0.2, 0) is 6.42 Å². The molecule has 0 saturated carbocycles. The molecule has 2 aromatic heterocycles. The number of aromatic nitrogens is 4. The Morgan fingerprint density at radius 3 is 2.66 bits per heavy atom. The molecule has 1 N–H and O–H groups in total. The number of carbonyl (C=O) groups is 1. The van der Waals surface area contributed by atoms with Gasteiger partial charge in [0.15, 0.2) is 0 Å². The summed E-state index contributed by atoms with van der Waals surface area (Å²) < 4.78 is 6.85. The lowest BCUT2D eigenvalue weighted by Gasteiger charge is -2.02. The maximum atomic E-state index is 12.3. The molecule has 0 atom stereocenters. The molecule has 1 amide bonds. The molecule has 8 heteroatoms. The van der Waals surface area contributed by atoms with Gasteiger partial charge in [-0.05, 0) is 43.2 Å². The van der Waals surface area contributed by atoms with Crippen molar-refractivity contribution < 1.29 is 9.32 Å². The highest BCUT2D eigenvalue weighted by molar-refractivity contribution is 6.30. The molecule has 0 saturated heterocycles. The van der Waals surface area contributed by atoms with Crippen LogP contribution < -0.4 is 5.32 Å². The Morgan fingerprint density at radius 1 is 1.14 bits per heavy atom. The standard InChI is InChI=1S/C21H18ClN5O2/c1-14-18(13-27(25-14)17-9-7-16(22)8-10-17)19-24-21(29-26-19)20(28)23-12-11-15-5-3-2-4-6-15/h2-10,13H,11-12H2,1H3,(H,23,28). The maximum absolute atomic E-state index is 12.3. The predicted octanol–water partition coefficient (Wildman–Crippen LogP) is 3.86. The van der Waals surface area contributed by atoms with Crippen molar-refractivity contribution in [1.29, 1.82) is 0 Å². The quantitative estimate of drug-likeness (QED) is 0.524. The van der Waals surface area contributed by atoms with Crippen molar-refractivity contribution in [3.05, 3.63) is 83.0 Å². The lowest BCUT2D eigenvalue weighted by molar-refractivity contribution is 0.0910. The number of hydrogen-bond acceptors (Lipinski definition) is 5. The van der Waals surface area contributed by atoms with Gasteiger partial charge in [0.05, 0.1) is 16.9 Å². The van der Waals surface area contributed by atoms with Crippen LogP contribution in [0.4, 0.5) is 0 Å². The largest absolute Gasteiger partial charge is 0.347 e. The molecule has 0 aliphatic rings. The highest BCUT2D eigenvalue weighted by Gasteiger charge is 2.19. The summed E-state index contributed by atoms with van der Waals surface area (Å²) in [5, 5.41) is 11.9. The van der Waals surface area contributed by atoms with Gasteiger partial charge in [0.25, 0.3) is 0 Å². The third kappa shape index (κ3) is 4.35. The number of aryl methyl sites for hydroxylation is 1. The van der Waals surface area contributed by atoms with E-state index in [1.165, 1.54) is 0 Å². The molecule has 4 aromatic rings. The smallest absolute Gasteiger partial charge is 0.316 e. The van der Waals surface area contributed by atoms with Gasteiger partial charge < -0.3 is 9.84 Å². The summed E-state index contributed by atoms with van der Waals surface area (Å²) >= 11 is 5.93. The first kappa shape index (κ1) is 18.9. The molecule has 0 aliphatic heterocycles. The van der Waals surface area contributed by atoms with Gasteiger partial charge in [-0.1, -0.05) is 47.1 Å². The van der Waals surface area contributed by atoms with Crippen molar-refractivity contribution in [2.75, 3.05) is 6.54 Å². The number of nitrogens with zero attached hydrogens (tertiary/aromatic N) is 4. The number of hydrogen-bond donors (Lipinski definition) is 1. The minimum Gasteiger partial charge on any atom is -0.347 e. The van der Waals surface area contributed by atoms with Gasteiger partial charge in [-0.3, -0.25) is 4.79 Å². The van der Waals surface area contributed by atoms with Crippen LogP contribution in [-0.4, -0.2) is 32.4 Å². The number of nitrogens with one attached hydrogen (secondary N) is 1. The Bertz CT molecular complexity index is 1120. The lowest BCUT2D eigenvalue weighted by atomic mass is 10.1. The summed E-state index contributed by atoms with van der Waals surface area (Å²) in [5.41, 5.74) is 3.40. The Balaban J connectivity index is 1.44. The minimum atomic E-state index is -0.401. The van der Waals surface area contributed by atoms with Crippen LogP contribution in [0.5, 0.6) is 0 Å². The van der Waals surface area contributed by atoms with Gasteiger partial charge in [-0.15, -0.1) is 0 Å². The van der Waals surface area contributed by atoms with E-state index in [-0.39, 0.29) is 5.89 Å². The number of rotatable bonds is 6. The van der Waals surface area contributed by atoms with E-state index in [1.54, 1.807) is 23.0 Å². The molecule has 0 radical (unpaired) electrons. The molecule has 0 bridgehead atoms. The summed E-state index contributed by atoms with van der Waals surface area (Å²) in [6.45, 7) is 2.33. The molecule has 2 aromatic carbocycles. The first-order valence-electron chi connectivity index (χ1n) is 9.08. The Labute approximate surface area is 172 Å². The van der Waals surface area contributed by atoms with E-state index in [0.717, 1.165) is 23.4 Å². The second-order valence-corrected chi connectivity index (χ2v) is 6.90. The van der Waals surface area contributed by atoms with Gasteiger partial charge in [0, 0.05) is 17.8 Å². The van der Waals surface area contributed by atoms with Crippen LogP contribution in [0.25, 0.3) is 17.1 Å². The Hall–Kier alpha value is -3.45. The molecular weight excluding hydrogens is 390 g/mol. The van der Waals surface area contributed by atoms with Gasteiger partial charge in [-0.2, -0.15) is 10.1 Å². The fourth-order valence-corrected chi connectivity index (χ4v) is 3.00. The number of benzene rings is 2. The van der Waals surface area contributed by atoms with E-state index < -0.39 is 5.91 Å².